The fraction of sp³-hybridized carbons (Fsp3) is 1.00. The van der Waals surface area contributed by atoms with E-state index < -0.39 is 0 Å². The SMILES string of the molecule is SSCC1(CN2CCCOC2)CC1. The third-order valence-electron chi connectivity index (χ3n) is 2.92. The summed E-state index contributed by atoms with van der Waals surface area (Å²) < 4.78 is 5.43. The normalized spacial score (nSPS) is 27.5. The Hall–Kier alpha value is 0.620. The van der Waals surface area contributed by atoms with E-state index in [1.807, 2.05) is 0 Å². The predicted molar refractivity (Wildman–Crippen MR) is 60.1 cm³/mol. The van der Waals surface area contributed by atoms with Crippen molar-refractivity contribution in [3.05, 3.63) is 0 Å². The summed E-state index contributed by atoms with van der Waals surface area (Å²) in [7, 11) is 1.69. The lowest BCUT2D eigenvalue weighted by Gasteiger charge is -2.30. The van der Waals surface area contributed by atoms with E-state index in [-0.39, 0.29) is 0 Å². The number of hydrogen-bond donors (Lipinski definition) is 1. The van der Waals surface area contributed by atoms with Gasteiger partial charge in [-0.25, -0.2) is 0 Å². The van der Waals surface area contributed by atoms with Crippen molar-refractivity contribution in [1.82, 2.24) is 4.90 Å². The Morgan fingerprint density at radius 3 is 2.85 bits per heavy atom. The van der Waals surface area contributed by atoms with Crippen LogP contribution in [0.4, 0.5) is 0 Å². The molecule has 0 aromatic carbocycles. The summed E-state index contributed by atoms with van der Waals surface area (Å²) in [5, 5.41) is 0. The lowest BCUT2D eigenvalue weighted by molar-refractivity contribution is -0.0210. The lowest BCUT2D eigenvalue weighted by Crippen LogP contribution is -2.38. The Morgan fingerprint density at radius 1 is 1.46 bits per heavy atom. The zero-order chi connectivity index (χ0) is 9.15. The highest BCUT2D eigenvalue weighted by Crippen LogP contribution is 2.49. The highest BCUT2D eigenvalue weighted by molar-refractivity contribution is 8.68. The smallest absolute Gasteiger partial charge is 0.0990 e. The van der Waals surface area contributed by atoms with Crippen molar-refractivity contribution >= 4 is 22.5 Å². The van der Waals surface area contributed by atoms with Gasteiger partial charge in [-0.1, -0.05) is 10.8 Å². The van der Waals surface area contributed by atoms with Crippen LogP contribution in [0.2, 0.25) is 0 Å². The summed E-state index contributed by atoms with van der Waals surface area (Å²) >= 11 is 4.24. The van der Waals surface area contributed by atoms with Crippen molar-refractivity contribution in [2.24, 2.45) is 5.41 Å². The van der Waals surface area contributed by atoms with Crippen molar-refractivity contribution in [2.45, 2.75) is 19.3 Å². The average molecular weight is 219 g/mol. The van der Waals surface area contributed by atoms with Crippen LogP contribution >= 0.6 is 22.5 Å². The molecule has 2 rings (SSSR count). The summed E-state index contributed by atoms with van der Waals surface area (Å²) in [6, 6.07) is 0. The fourth-order valence-corrected chi connectivity index (χ4v) is 3.38. The summed E-state index contributed by atoms with van der Waals surface area (Å²) in [5.41, 5.74) is 0.590. The first-order valence-corrected chi connectivity index (χ1v) is 6.95. The molecule has 0 bridgehead atoms. The topological polar surface area (TPSA) is 12.5 Å². The summed E-state index contributed by atoms with van der Waals surface area (Å²) in [5.74, 6) is 1.20. The van der Waals surface area contributed by atoms with Crippen LogP contribution in [0.3, 0.4) is 0 Å². The van der Waals surface area contributed by atoms with Crippen molar-refractivity contribution in [1.29, 1.82) is 0 Å². The first-order valence-electron chi connectivity index (χ1n) is 4.91. The molecule has 0 aromatic rings. The van der Waals surface area contributed by atoms with E-state index in [9.17, 15) is 0 Å². The molecule has 2 aliphatic rings. The predicted octanol–water partition coefficient (Wildman–Crippen LogP) is 2.02. The van der Waals surface area contributed by atoms with Gasteiger partial charge in [-0.05, 0) is 24.7 Å². The number of hydrogen-bond acceptors (Lipinski definition) is 4. The first kappa shape index (κ1) is 10.1. The quantitative estimate of drug-likeness (QED) is 0.574. The maximum Gasteiger partial charge on any atom is 0.0990 e. The minimum absolute atomic E-state index is 0.590. The van der Waals surface area contributed by atoms with Crippen molar-refractivity contribution in [2.75, 3.05) is 32.2 Å². The van der Waals surface area contributed by atoms with Crippen LogP contribution in [0.15, 0.2) is 0 Å². The maximum atomic E-state index is 5.43. The monoisotopic (exact) mass is 219 g/mol. The van der Waals surface area contributed by atoms with Gasteiger partial charge < -0.3 is 4.74 Å². The van der Waals surface area contributed by atoms with Crippen LogP contribution in [-0.4, -0.2) is 37.1 Å². The van der Waals surface area contributed by atoms with Crippen LogP contribution < -0.4 is 0 Å². The zero-order valence-corrected chi connectivity index (χ0v) is 9.58. The van der Waals surface area contributed by atoms with Crippen molar-refractivity contribution < 1.29 is 4.74 Å². The molecule has 2 nitrogen and oxygen atoms in total. The second-order valence-corrected chi connectivity index (χ2v) is 5.54. The van der Waals surface area contributed by atoms with Crippen molar-refractivity contribution in [3.63, 3.8) is 0 Å². The van der Waals surface area contributed by atoms with Gasteiger partial charge in [0.1, 0.15) is 0 Å². The molecule has 4 heteroatoms. The average Bonchev–Trinajstić information content (AvgIpc) is 2.87. The van der Waals surface area contributed by atoms with E-state index in [1.54, 1.807) is 10.8 Å². The van der Waals surface area contributed by atoms with Crippen LogP contribution in [-0.2, 0) is 4.74 Å². The Kier molecular flexibility index (Phi) is 3.46. The van der Waals surface area contributed by atoms with E-state index in [0.717, 1.165) is 13.3 Å². The highest BCUT2D eigenvalue weighted by atomic mass is 33.1. The van der Waals surface area contributed by atoms with Crippen LogP contribution in [0.1, 0.15) is 19.3 Å². The molecule has 0 radical (unpaired) electrons. The molecule has 1 saturated carbocycles. The number of nitrogens with zero attached hydrogens (tertiary/aromatic N) is 1. The molecule has 1 saturated heterocycles. The molecule has 1 heterocycles. The Balaban J connectivity index is 1.76. The van der Waals surface area contributed by atoms with Crippen LogP contribution in [0.25, 0.3) is 0 Å². The van der Waals surface area contributed by atoms with E-state index in [4.69, 9.17) is 4.74 Å². The molecule has 76 valence electrons. The molecular weight excluding hydrogens is 202 g/mol. The molecule has 0 unspecified atom stereocenters. The van der Waals surface area contributed by atoms with Gasteiger partial charge in [0.25, 0.3) is 0 Å². The Morgan fingerprint density at radius 2 is 2.31 bits per heavy atom. The van der Waals surface area contributed by atoms with Gasteiger partial charge in [0.05, 0.1) is 6.73 Å². The van der Waals surface area contributed by atoms with Gasteiger partial charge in [0, 0.05) is 25.4 Å². The summed E-state index contributed by atoms with van der Waals surface area (Å²) in [6.45, 7) is 4.24. The van der Waals surface area contributed by atoms with E-state index in [2.05, 4.69) is 16.6 Å². The highest BCUT2D eigenvalue weighted by Gasteiger charge is 2.43. The minimum atomic E-state index is 0.590. The zero-order valence-electron chi connectivity index (χ0n) is 7.87. The first-order chi connectivity index (χ1) is 6.35. The number of ether oxygens (including phenoxy) is 1. The standard InChI is InChI=1S/C9H17NOS2/c12-13-7-9(2-3-9)6-10-4-1-5-11-8-10/h12H,1-8H2. The largest absolute Gasteiger partial charge is 0.366 e. The fourth-order valence-electron chi connectivity index (χ4n) is 1.91. The summed E-state index contributed by atoms with van der Waals surface area (Å²) in [6.07, 6.45) is 3.97. The van der Waals surface area contributed by atoms with Gasteiger partial charge in [-0.15, -0.1) is 11.7 Å². The number of rotatable bonds is 4. The van der Waals surface area contributed by atoms with Gasteiger partial charge in [0.15, 0.2) is 0 Å². The molecule has 0 atom stereocenters. The van der Waals surface area contributed by atoms with E-state index in [0.29, 0.717) is 5.41 Å². The third-order valence-corrected chi connectivity index (χ3v) is 4.05. The molecule has 1 aliphatic carbocycles. The maximum absolute atomic E-state index is 5.43. The van der Waals surface area contributed by atoms with Gasteiger partial charge in [-0.2, -0.15) is 0 Å². The lowest BCUT2D eigenvalue weighted by atomic mass is 10.1. The number of thiol groups is 1. The van der Waals surface area contributed by atoms with Gasteiger partial charge in [-0.3, -0.25) is 4.90 Å². The molecule has 0 N–H and O–H groups in total. The molecule has 2 fully saturated rings. The minimum Gasteiger partial charge on any atom is -0.366 e. The molecule has 1 aliphatic heterocycles. The molecule has 0 amide bonds. The van der Waals surface area contributed by atoms with Gasteiger partial charge >= 0.3 is 0 Å². The molecular formula is C9H17NOS2. The second kappa shape index (κ2) is 4.43. The van der Waals surface area contributed by atoms with Crippen molar-refractivity contribution in [3.8, 4) is 0 Å². The third kappa shape index (κ3) is 2.78. The second-order valence-electron chi connectivity index (χ2n) is 4.22. The van der Waals surface area contributed by atoms with Crippen LogP contribution in [0, 0.1) is 5.41 Å². The van der Waals surface area contributed by atoms with E-state index >= 15 is 0 Å². The Labute approximate surface area is 89.2 Å². The Bertz CT molecular complexity index is 167. The molecule has 13 heavy (non-hydrogen) atoms. The van der Waals surface area contributed by atoms with Crippen LogP contribution in [0.5, 0.6) is 0 Å². The summed E-state index contributed by atoms with van der Waals surface area (Å²) in [4.78, 5) is 2.44. The van der Waals surface area contributed by atoms with E-state index in [1.165, 1.54) is 38.1 Å². The molecule has 0 spiro atoms. The molecule has 0 aromatic heterocycles. The van der Waals surface area contributed by atoms with Gasteiger partial charge in [0.2, 0.25) is 0 Å².